The molecule has 2 aromatic rings. The molecule has 20 heavy (non-hydrogen) atoms. The number of benzene rings is 2. The Kier molecular flexibility index (Phi) is 3.24. The Balaban J connectivity index is 1.94. The van der Waals surface area contributed by atoms with Gasteiger partial charge in [-0.2, -0.15) is 0 Å². The summed E-state index contributed by atoms with van der Waals surface area (Å²) < 4.78 is 5.12. The highest BCUT2D eigenvalue weighted by molar-refractivity contribution is 6.32. The summed E-state index contributed by atoms with van der Waals surface area (Å²) in [5.41, 5.74) is 2.33. The Labute approximate surface area is 121 Å². The number of halogens is 1. The smallest absolute Gasteiger partial charge is 0.255 e. The Hall–Kier alpha value is -2.20. The number of ether oxygens (including phenoxy) is 1. The highest BCUT2D eigenvalue weighted by Crippen LogP contribution is 2.31. The number of nitrogens with one attached hydrogen (secondary N) is 2. The summed E-state index contributed by atoms with van der Waals surface area (Å²) in [6.07, 6.45) is -0.305. The van der Waals surface area contributed by atoms with Crippen LogP contribution in [0.1, 0.15) is 22.1 Å². The summed E-state index contributed by atoms with van der Waals surface area (Å²) in [5, 5.41) is 6.69. The number of carbonyl (C=O) groups is 1. The van der Waals surface area contributed by atoms with Crippen molar-refractivity contribution in [2.24, 2.45) is 0 Å². The average molecular weight is 289 g/mol. The molecule has 0 aromatic heterocycles. The first kappa shape index (κ1) is 12.8. The first-order valence-corrected chi connectivity index (χ1v) is 6.56. The van der Waals surface area contributed by atoms with Gasteiger partial charge in [-0.3, -0.25) is 4.79 Å². The van der Waals surface area contributed by atoms with E-state index in [0.717, 1.165) is 11.3 Å². The van der Waals surface area contributed by atoms with Crippen LogP contribution in [0.5, 0.6) is 5.75 Å². The molecular formula is C15H13ClN2O2. The van der Waals surface area contributed by atoms with E-state index >= 15 is 0 Å². The lowest BCUT2D eigenvalue weighted by Gasteiger charge is -2.28. The van der Waals surface area contributed by atoms with Gasteiger partial charge in [0.05, 0.1) is 17.7 Å². The van der Waals surface area contributed by atoms with Gasteiger partial charge in [0.1, 0.15) is 11.9 Å². The average Bonchev–Trinajstić information content (AvgIpc) is 2.47. The molecule has 3 rings (SSSR count). The van der Waals surface area contributed by atoms with Crippen LogP contribution < -0.4 is 15.4 Å². The maximum absolute atomic E-state index is 12.1. The molecule has 0 aliphatic carbocycles. The van der Waals surface area contributed by atoms with Gasteiger partial charge in [-0.05, 0) is 29.8 Å². The largest absolute Gasteiger partial charge is 0.495 e. The predicted molar refractivity (Wildman–Crippen MR) is 78.3 cm³/mol. The van der Waals surface area contributed by atoms with E-state index in [2.05, 4.69) is 10.6 Å². The van der Waals surface area contributed by atoms with Gasteiger partial charge in [0.2, 0.25) is 0 Å². The van der Waals surface area contributed by atoms with Gasteiger partial charge >= 0.3 is 0 Å². The molecule has 0 saturated carbocycles. The number of carbonyl (C=O) groups excluding carboxylic acids is 1. The van der Waals surface area contributed by atoms with Crippen molar-refractivity contribution in [2.45, 2.75) is 6.17 Å². The van der Waals surface area contributed by atoms with Crippen LogP contribution in [0.25, 0.3) is 0 Å². The number of hydrogen-bond acceptors (Lipinski definition) is 3. The fourth-order valence-corrected chi connectivity index (χ4v) is 2.50. The third kappa shape index (κ3) is 2.18. The van der Waals surface area contributed by atoms with Crippen molar-refractivity contribution in [2.75, 3.05) is 12.4 Å². The summed E-state index contributed by atoms with van der Waals surface area (Å²) in [6.45, 7) is 0. The third-order valence-corrected chi connectivity index (χ3v) is 3.55. The zero-order chi connectivity index (χ0) is 14.1. The zero-order valence-electron chi connectivity index (χ0n) is 10.8. The van der Waals surface area contributed by atoms with E-state index in [4.69, 9.17) is 16.3 Å². The van der Waals surface area contributed by atoms with Crippen LogP contribution in [-0.4, -0.2) is 13.0 Å². The molecule has 0 saturated heterocycles. The zero-order valence-corrected chi connectivity index (χ0v) is 11.6. The molecule has 0 fully saturated rings. The van der Waals surface area contributed by atoms with Gasteiger partial charge < -0.3 is 15.4 Å². The lowest BCUT2D eigenvalue weighted by molar-refractivity contribution is 0.0935. The Bertz CT molecular complexity index is 673. The van der Waals surface area contributed by atoms with Crippen molar-refractivity contribution in [1.29, 1.82) is 0 Å². The van der Waals surface area contributed by atoms with Gasteiger partial charge in [0.15, 0.2) is 0 Å². The summed E-state index contributed by atoms with van der Waals surface area (Å²) in [6, 6.07) is 12.8. The number of rotatable bonds is 2. The number of methoxy groups -OCH3 is 1. The molecule has 4 nitrogen and oxygen atoms in total. The Morgan fingerprint density at radius 2 is 1.95 bits per heavy atom. The molecule has 1 aliphatic rings. The molecule has 2 aromatic carbocycles. The van der Waals surface area contributed by atoms with Gasteiger partial charge in [-0.1, -0.05) is 29.8 Å². The predicted octanol–water partition coefficient (Wildman–Crippen LogP) is 3.20. The molecule has 2 N–H and O–H groups in total. The van der Waals surface area contributed by atoms with Gasteiger partial charge in [-0.25, -0.2) is 0 Å². The fraction of sp³-hybridized carbons (Fsp3) is 0.133. The van der Waals surface area contributed by atoms with Crippen molar-refractivity contribution < 1.29 is 9.53 Å². The van der Waals surface area contributed by atoms with Crippen LogP contribution in [0.3, 0.4) is 0 Å². The van der Waals surface area contributed by atoms with Crippen LogP contribution in [0.2, 0.25) is 5.02 Å². The van der Waals surface area contributed by atoms with Crippen LogP contribution in [-0.2, 0) is 0 Å². The molecule has 1 unspecified atom stereocenters. The Morgan fingerprint density at radius 1 is 1.15 bits per heavy atom. The second kappa shape index (κ2) is 5.06. The molecule has 5 heteroatoms. The molecule has 102 valence electrons. The Morgan fingerprint density at radius 3 is 2.70 bits per heavy atom. The fourth-order valence-electron chi connectivity index (χ4n) is 2.24. The van der Waals surface area contributed by atoms with E-state index in [0.29, 0.717) is 16.3 Å². The van der Waals surface area contributed by atoms with E-state index in [-0.39, 0.29) is 12.1 Å². The topological polar surface area (TPSA) is 50.4 Å². The maximum Gasteiger partial charge on any atom is 0.255 e. The van der Waals surface area contributed by atoms with E-state index < -0.39 is 0 Å². The van der Waals surface area contributed by atoms with Gasteiger partial charge in [-0.15, -0.1) is 0 Å². The summed E-state index contributed by atoms with van der Waals surface area (Å²) in [4.78, 5) is 12.1. The van der Waals surface area contributed by atoms with Crippen molar-refractivity contribution >= 4 is 23.2 Å². The van der Waals surface area contributed by atoms with Crippen LogP contribution in [0, 0.1) is 0 Å². The van der Waals surface area contributed by atoms with E-state index in [1.54, 1.807) is 25.3 Å². The minimum atomic E-state index is -0.305. The number of para-hydroxylation sites is 1. The molecule has 0 bridgehead atoms. The standard InChI is InChI=1S/C15H13ClN2O2/c1-20-13-7-6-9(8-11(13)16)14-17-12-5-3-2-4-10(12)15(19)18-14/h2-8,14,17H,1H3,(H,18,19). The molecule has 1 aliphatic heterocycles. The highest BCUT2D eigenvalue weighted by Gasteiger charge is 2.24. The normalized spacial score (nSPS) is 16.9. The van der Waals surface area contributed by atoms with Gasteiger partial charge in [0, 0.05) is 5.69 Å². The molecule has 0 radical (unpaired) electrons. The quantitative estimate of drug-likeness (QED) is 0.892. The first-order chi connectivity index (χ1) is 9.69. The number of amides is 1. The number of anilines is 1. The lowest BCUT2D eigenvalue weighted by Crippen LogP contribution is -2.38. The summed E-state index contributed by atoms with van der Waals surface area (Å²) in [7, 11) is 1.57. The molecule has 1 atom stereocenters. The number of fused-ring (bicyclic) bond motifs is 1. The maximum atomic E-state index is 12.1. The molecule has 1 heterocycles. The summed E-state index contributed by atoms with van der Waals surface area (Å²) in [5.74, 6) is 0.509. The van der Waals surface area contributed by atoms with Crippen molar-refractivity contribution in [3.05, 3.63) is 58.6 Å². The van der Waals surface area contributed by atoms with Crippen LogP contribution in [0.15, 0.2) is 42.5 Å². The highest BCUT2D eigenvalue weighted by atomic mass is 35.5. The second-order valence-corrected chi connectivity index (χ2v) is 4.90. The monoisotopic (exact) mass is 288 g/mol. The first-order valence-electron chi connectivity index (χ1n) is 6.19. The SMILES string of the molecule is COc1ccc(C2NC(=O)c3ccccc3N2)cc1Cl. The van der Waals surface area contributed by atoms with Crippen molar-refractivity contribution in [1.82, 2.24) is 5.32 Å². The second-order valence-electron chi connectivity index (χ2n) is 4.49. The van der Waals surface area contributed by atoms with Crippen LogP contribution in [0.4, 0.5) is 5.69 Å². The van der Waals surface area contributed by atoms with Crippen LogP contribution >= 0.6 is 11.6 Å². The van der Waals surface area contributed by atoms with Gasteiger partial charge in [0.25, 0.3) is 5.91 Å². The minimum absolute atomic E-state index is 0.101. The minimum Gasteiger partial charge on any atom is -0.495 e. The van der Waals surface area contributed by atoms with E-state index in [1.807, 2.05) is 24.3 Å². The number of hydrogen-bond donors (Lipinski definition) is 2. The van der Waals surface area contributed by atoms with E-state index in [9.17, 15) is 4.79 Å². The molecule has 0 spiro atoms. The molecule has 1 amide bonds. The third-order valence-electron chi connectivity index (χ3n) is 3.26. The lowest BCUT2D eigenvalue weighted by atomic mass is 10.1. The van der Waals surface area contributed by atoms with Crippen molar-refractivity contribution in [3.8, 4) is 5.75 Å². The van der Waals surface area contributed by atoms with E-state index in [1.165, 1.54) is 0 Å². The summed E-state index contributed by atoms with van der Waals surface area (Å²) >= 11 is 6.12. The van der Waals surface area contributed by atoms with Crippen molar-refractivity contribution in [3.63, 3.8) is 0 Å². The molecular weight excluding hydrogens is 276 g/mol.